The van der Waals surface area contributed by atoms with Gasteiger partial charge in [0.2, 0.25) is 5.91 Å². The predicted molar refractivity (Wildman–Crippen MR) is 118 cm³/mol. The van der Waals surface area contributed by atoms with Gasteiger partial charge in [0.1, 0.15) is 18.5 Å². The summed E-state index contributed by atoms with van der Waals surface area (Å²) in [5, 5.41) is 5.53. The molecule has 0 radical (unpaired) electrons. The maximum atomic E-state index is 13.0. The average Bonchev–Trinajstić information content (AvgIpc) is 3.53. The van der Waals surface area contributed by atoms with Crippen LogP contribution in [0.5, 0.6) is 0 Å². The summed E-state index contributed by atoms with van der Waals surface area (Å²) in [6.07, 6.45) is 6.69. The van der Waals surface area contributed by atoms with Crippen molar-refractivity contribution in [3.8, 4) is 0 Å². The number of hydrogen-bond acceptors (Lipinski definition) is 6. The fourth-order valence-corrected chi connectivity index (χ4v) is 4.69. The Bertz CT molecular complexity index is 1020. The van der Waals surface area contributed by atoms with Crippen LogP contribution in [0.25, 0.3) is 11.0 Å². The molecule has 0 spiro atoms. The number of amides is 2. The molecule has 0 bridgehead atoms. The van der Waals surface area contributed by atoms with E-state index < -0.39 is 11.9 Å². The van der Waals surface area contributed by atoms with Gasteiger partial charge in [0.25, 0.3) is 5.91 Å². The highest BCUT2D eigenvalue weighted by atomic mass is 16.5. The normalized spacial score (nSPS) is 18.8. The number of aromatic nitrogens is 2. The molecule has 4 rings (SSSR count). The monoisotopic (exact) mass is 442 g/mol. The van der Waals surface area contributed by atoms with Crippen LogP contribution in [0.4, 0.5) is 5.69 Å². The topological polar surface area (TPSA) is 112 Å². The molecule has 1 unspecified atom stereocenters. The van der Waals surface area contributed by atoms with Crippen molar-refractivity contribution in [3.05, 3.63) is 23.5 Å². The lowest BCUT2D eigenvalue weighted by Gasteiger charge is -2.13. The summed E-state index contributed by atoms with van der Waals surface area (Å²) in [6.45, 7) is 0.439. The van der Waals surface area contributed by atoms with Gasteiger partial charge in [-0.1, -0.05) is 12.8 Å². The van der Waals surface area contributed by atoms with Crippen molar-refractivity contribution < 1.29 is 23.9 Å². The van der Waals surface area contributed by atoms with Crippen molar-refractivity contribution in [3.63, 3.8) is 0 Å². The molecular weight excluding hydrogens is 412 g/mol. The largest absolute Gasteiger partial charge is 0.468 e. The van der Waals surface area contributed by atoms with Crippen LogP contribution in [-0.4, -0.2) is 47.6 Å². The van der Waals surface area contributed by atoms with Crippen LogP contribution < -0.4 is 10.6 Å². The van der Waals surface area contributed by atoms with Crippen molar-refractivity contribution in [2.45, 2.75) is 51.0 Å². The van der Waals surface area contributed by atoms with Gasteiger partial charge in [-0.2, -0.15) is 0 Å². The van der Waals surface area contributed by atoms with Gasteiger partial charge < -0.3 is 24.7 Å². The molecule has 1 aliphatic carbocycles. The lowest BCUT2D eigenvalue weighted by atomic mass is 10.0. The number of carbonyl (C=O) groups excluding carboxylic acids is 3. The molecule has 1 atom stereocenters. The molecule has 2 heterocycles. The van der Waals surface area contributed by atoms with Gasteiger partial charge in [-0.15, -0.1) is 0 Å². The van der Waals surface area contributed by atoms with E-state index in [2.05, 4.69) is 15.4 Å². The third kappa shape index (κ3) is 4.77. The maximum absolute atomic E-state index is 13.0. The number of benzene rings is 1. The zero-order chi connectivity index (χ0) is 22.7. The number of methoxy groups -OCH3 is 1. The molecule has 2 fully saturated rings. The molecule has 2 aromatic rings. The molecule has 1 aliphatic heterocycles. The number of carbonyl (C=O) groups is 3. The standard InChI is InChI=1S/C23H30N4O5/c1-27-21-16(23(30)24-13-20(29)31-2)11-15(25-19(28)10-14-6-3-4-7-14)12-17(21)26-22(27)18-8-5-9-32-18/h11-12,14,18H,3-10,13H2,1-2H3,(H,24,30)(H,25,28). The number of aryl methyl sites for hydroxylation is 1. The van der Waals surface area contributed by atoms with Crippen LogP contribution in [0.15, 0.2) is 12.1 Å². The van der Waals surface area contributed by atoms with Gasteiger partial charge in [0.15, 0.2) is 0 Å². The smallest absolute Gasteiger partial charge is 0.325 e. The Morgan fingerprint density at radius 3 is 2.66 bits per heavy atom. The summed E-state index contributed by atoms with van der Waals surface area (Å²) >= 11 is 0. The minimum absolute atomic E-state index is 0.0625. The van der Waals surface area contributed by atoms with Crippen molar-refractivity contribution in [1.82, 2.24) is 14.9 Å². The molecule has 9 heteroatoms. The zero-order valence-corrected chi connectivity index (χ0v) is 18.6. The molecule has 2 aliphatic rings. The molecular formula is C23H30N4O5. The number of nitrogens with one attached hydrogen (secondary N) is 2. The third-order valence-corrected chi connectivity index (χ3v) is 6.32. The average molecular weight is 443 g/mol. The van der Waals surface area contributed by atoms with E-state index in [0.29, 0.717) is 41.2 Å². The summed E-state index contributed by atoms with van der Waals surface area (Å²) in [5.41, 5.74) is 2.08. The number of hydrogen-bond donors (Lipinski definition) is 2. The molecule has 32 heavy (non-hydrogen) atoms. The zero-order valence-electron chi connectivity index (χ0n) is 18.6. The first-order valence-corrected chi connectivity index (χ1v) is 11.2. The van der Waals surface area contributed by atoms with E-state index in [9.17, 15) is 14.4 Å². The minimum Gasteiger partial charge on any atom is -0.468 e. The predicted octanol–water partition coefficient (Wildman–Crippen LogP) is 2.85. The summed E-state index contributed by atoms with van der Waals surface area (Å²) in [7, 11) is 3.12. The number of rotatable bonds is 7. The Labute approximate surface area is 186 Å². The number of esters is 1. The Morgan fingerprint density at radius 2 is 1.97 bits per heavy atom. The van der Waals surface area contributed by atoms with Crippen molar-refractivity contribution in [1.29, 1.82) is 0 Å². The molecule has 2 amide bonds. The first-order valence-electron chi connectivity index (χ1n) is 11.2. The summed E-state index contributed by atoms with van der Waals surface area (Å²) in [4.78, 5) is 41.8. The van der Waals surface area contributed by atoms with E-state index in [0.717, 1.165) is 31.5 Å². The maximum Gasteiger partial charge on any atom is 0.325 e. The number of anilines is 1. The third-order valence-electron chi connectivity index (χ3n) is 6.32. The summed E-state index contributed by atoms with van der Waals surface area (Å²) < 4.78 is 12.3. The Hall–Kier alpha value is -2.94. The molecule has 2 N–H and O–H groups in total. The van der Waals surface area contributed by atoms with Gasteiger partial charge in [-0.25, -0.2) is 4.98 Å². The van der Waals surface area contributed by atoms with Crippen molar-refractivity contribution in [2.75, 3.05) is 25.6 Å². The fourth-order valence-electron chi connectivity index (χ4n) is 4.69. The van der Waals surface area contributed by atoms with Crippen LogP contribution in [0.3, 0.4) is 0 Å². The highest BCUT2D eigenvalue weighted by Gasteiger charge is 2.26. The highest BCUT2D eigenvalue weighted by Crippen LogP contribution is 2.33. The van der Waals surface area contributed by atoms with Crippen LogP contribution in [0.1, 0.15) is 67.2 Å². The molecule has 1 aromatic carbocycles. The molecule has 1 saturated heterocycles. The van der Waals surface area contributed by atoms with E-state index in [1.165, 1.54) is 20.0 Å². The van der Waals surface area contributed by atoms with Crippen molar-refractivity contribution in [2.24, 2.45) is 13.0 Å². The molecule has 172 valence electrons. The SMILES string of the molecule is COC(=O)CNC(=O)c1cc(NC(=O)CC2CCCC2)cc2nc(C3CCCO3)n(C)c12. The first kappa shape index (κ1) is 22.3. The molecule has 1 saturated carbocycles. The van der Waals surface area contributed by atoms with E-state index >= 15 is 0 Å². The second-order valence-electron chi connectivity index (χ2n) is 8.58. The number of ether oxygens (including phenoxy) is 2. The van der Waals surface area contributed by atoms with Gasteiger partial charge in [0.05, 0.1) is 23.7 Å². The lowest BCUT2D eigenvalue weighted by Crippen LogP contribution is -2.30. The van der Waals surface area contributed by atoms with E-state index in [1.54, 1.807) is 12.1 Å². The summed E-state index contributed by atoms with van der Waals surface area (Å²) in [6, 6.07) is 3.43. The Balaban J connectivity index is 1.65. The van der Waals surface area contributed by atoms with Gasteiger partial charge in [0, 0.05) is 25.8 Å². The first-order chi connectivity index (χ1) is 15.5. The second-order valence-corrected chi connectivity index (χ2v) is 8.58. The number of nitrogens with zero attached hydrogens (tertiary/aromatic N) is 2. The van der Waals surface area contributed by atoms with Gasteiger partial charge in [-0.05, 0) is 43.7 Å². The minimum atomic E-state index is -0.541. The van der Waals surface area contributed by atoms with Crippen LogP contribution in [0.2, 0.25) is 0 Å². The highest BCUT2D eigenvalue weighted by molar-refractivity contribution is 6.08. The van der Waals surface area contributed by atoms with Gasteiger partial charge in [-0.3, -0.25) is 14.4 Å². The van der Waals surface area contributed by atoms with Gasteiger partial charge >= 0.3 is 5.97 Å². The summed E-state index contributed by atoms with van der Waals surface area (Å²) in [5.74, 6) is 0.124. The van der Waals surface area contributed by atoms with E-state index in [4.69, 9.17) is 9.72 Å². The Morgan fingerprint density at radius 1 is 1.19 bits per heavy atom. The number of fused-ring (bicyclic) bond motifs is 1. The Kier molecular flexibility index (Phi) is 6.74. The number of imidazole rings is 1. The van der Waals surface area contributed by atoms with E-state index in [1.807, 2.05) is 11.6 Å². The van der Waals surface area contributed by atoms with Crippen LogP contribution >= 0.6 is 0 Å². The lowest BCUT2D eigenvalue weighted by molar-refractivity contribution is -0.139. The van der Waals surface area contributed by atoms with Crippen molar-refractivity contribution >= 4 is 34.5 Å². The second kappa shape index (κ2) is 9.68. The molecule has 9 nitrogen and oxygen atoms in total. The van der Waals surface area contributed by atoms with Crippen LogP contribution in [-0.2, 0) is 26.1 Å². The molecule has 1 aromatic heterocycles. The van der Waals surface area contributed by atoms with E-state index in [-0.39, 0.29) is 18.6 Å². The van der Waals surface area contributed by atoms with Crippen LogP contribution in [0, 0.1) is 5.92 Å². The quantitative estimate of drug-likeness (QED) is 0.638. The fraction of sp³-hybridized carbons (Fsp3) is 0.565.